The van der Waals surface area contributed by atoms with Crippen LogP contribution in [0.3, 0.4) is 0 Å². The van der Waals surface area contributed by atoms with Gasteiger partial charge < -0.3 is 0 Å². The first kappa shape index (κ1) is 24.1. The fourth-order valence-electron chi connectivity index (χ4n) is 3.02. The van der Waals surface area contributed by atoms with Crippen LogP contribution in [0.4, 0.5) is 0 Å². The molecule has 0 atom stereocenters. The number of isocyanates is 3. The third kappa shape index (κ3) is 13.4. The molecule has 0 aliphatic heterocycles. The van der Waals surface area contributed by atoms with Crippen LogP contribution in [0.25, 0.3) is 0 Å². The van der Waals surface area contributed by atoms with E-state index in [1.165, 1.54) is 82.4 Å². The van der Waals surface area contributed by atoms with Crippen molar-refractivity contribution in [1.82, 2.24) is 0 Å². The van der Waals surface area contributed by atoms with Crippen molar-refractivity contribution >= 4 is 18.2 Å². The Hall–Kier alpha value is -1.86. The monoisotopic (exact) mass is 363 g/mol. The third-order valence-corrected chi connectivity index (χ3v) is 4.54. The lowest BCUT2D eigenvalue weighted by atomic mass is 10.0. The van der Waals surface area contributed by atoms with Gasteiger partial charge in [-0.3, -0.25) is 0 Å². The van der Waals surface area contributed by atoms with Crippen LogP contribution in [0.1, 0.15) is 103 Å². The van der Waals surface area contributed by atoms with Crippen molar-refractivity contribution in [2.24, 2.45) is 15.0 Å². The molecule has 0 aliphatic carbocycles. The summed E-state index contributed by atoms with van der Waals surface area (Å²) in [6.07, 6.45) is 21.3. The van der Waals surface area contributed by atoms with Crippen molar-refractivity contribution < 1.29 is 14.4 Å². The molecule has 0 fully saturated rings. The van der Waals surface area contributed by atoms with Gasteiger partial charge in [0.15, 0.2) is 0 Å². The molecule has 6 nitrogen and oxygen atoms in total. The van der Waals surface area contributed by atoms with E-state index in [-0.39, 0.29) is 6.42 Å². The number of hydrogen-bond donors (Lipinski definition) is 0. The molecule has 0 spiro atoms. The second kappa shape index (κ2) is 17.9. The second-order valence-electron chi connectivity index (χ2n) is 6.73. The molecule has 0 aromatic rings. The fourth-order valence-corrected chi connectivity index (χ4v) is 3.02. The zero-order valence-corrected chi connectivity index (χ0v) is 16.2. The maximum atomic E-state index is 10.4. The number of rotatable bonds is 18. The van der Waals surface area contributed by atoms with Crippen LogP contribution in [0.5, 0.6) is 0 Å². The Labute approximate surface area is 157 Å². The summed E-state index contributed by atoms with van der Waals surface area (Å²) < 4.78 is 0. The summed E-state index contributed by atoms with van der Waals surface area (Å²) in [5.74, 6) is -1.71. The Balaban J connectivity index is 3.66. The summed E-state index contributed by atoms with van der Waals surface area (Å²) in [6, 6.07) is 0. The quantitative estimate of drug-likeness (QED) is 0.182. The molecule has 0 radical (unpaired) electrons. The van der Waals surface area contributed by atoms with Crippen LogP contribution in [0.2, 0.25) is 0 Å². The van der Waals surface area contributed by atoms with Crippen LogP contribution >= 0.6 is 0 Å². The molecule has 0 saturated carbocycles. The van der Waals surface area contributed by atoms with Gasteiger partial charge in [0.2, 0.25) is 18.2 Å². The molecule has 0 bridgehead atoms. The van der Waals surface area contributed by atoms with Crippen molar-refractivity contribution in [1.29, 1.82) is 0 Å². The molecule has 0 unspecified atom stereocenters. The van der Waals surface area contributed by atoms with Gasteiger partial charge in [-0.2, -0.15) is 15.0 Å². The number of hydrogen-bond acceptors (Lipinski definition) is 6. The first-order valence-electron chi connectivity index (χ1n) is 10.0. The van der Waals surface area contributed by atoms with Crippen LogP contribution in [-0.2, 0) is 14.4 Å². The van der Waals surface area contributed by atoms with Gasteiger partial charge in [-0.05, 0) is 6.42 Å². The van der Waals surface area contributed by atoms with E-state index >= 15 is 0 Å². The number of aliphatic imine (C=N–C) groups is 3. The number of nitrogens with zero attached hydrogens (tertiary/aromatic N) is 3. The molecule has 0 rings (SSSR count). The number of unbranched alkanes of at least 4 members (excludes halogenated alkanes) is 13. The highest BCUT2D eigenvalue weighted by Gasteiger charge is 2.28. The van der Waals surface area contributed by atoms with Crippen molar-refractivity contribution in [3.05, 3.63) is 0 Å². The zero-order valence-electron chi connectivity index (χ0n) is 16.2. The molecule has 0 aromatic carbocycles. The van der Waals surface area contributed by atoms with Crippen molar-refractivity contribution in [3.8, 4) is 0 Å². The molecular formula is C20H33N3O3. The van der Waals surface area contributed by atoms with Gasteiger partial charge in [-0.25, -0.2) is 14.4 Å². The molecule has 0 aliphatic rings. The smallest absolute Gasteiger partial charge is 0.211 e. The standard InChI is InChI=1S/C20H33N3O3/c1-2-3-4-5-6-7-8-9-10-11-12-13-14-15-16-20(21-17-24,22-18-25)23-19-26/h2-16H2,1H3. The minimum Gasteiger partial charge on any atom is -0.211 e. The summed E-state index contributed by atoms with van der Waals surface area (Å²) in [6.45, 7) is 2.24. The van der Waals surface area contributed by atoms with Crippen LogP contribution < -0.4 is 0 Å². The predicted octanol–water partition coefficient (Wildman–Crippen LogP) is 5.52. The van der Waals surface area contributed by atoms with Crippen LogP contribution in [-0.4, -0.2) is 24.0 Å². The summed E-state index contributed by atoms with van der Waals surface area (Å²) in [4.78, 5) is 41.5. The van der Waals surface area contributed by atoms with Gasteiger partial charge in [0.05, 0.1) is 0 Å². The Morgan fingerprint density at radius 1 is 0.538 bits per heavy atom. The molecule has 0 heterocycles. The minimum atomic E-state index is -1.71. The highest BCUT2D eigenvalue weighted by Crippen LogP contribution is 2.23. The normalized spacial score (nSPS) is 12.3. The van der Waals surface area contributed by atoms with E-state index in [4.69, 9.17) is 0 Å². The summed E-state index contributed by atoms with van der Waals surface area (Å²) in [5.41, 5.74) is 0. The highest BCUT2D eigenvalue weighted by atomic mass is 16.1. The van der Waals surface area contributed by atoms with Crippen molar-refractivity contribution in [3.63, 3.8) is 0 Å². The maximum Gasteiger partial charge on any atom is 0.277 e. The molecular weight excluding hydrogens is 330 g/mol. The lowest BCUT2D eigenvalue weighted by molar-refractivity contribution is 0.398. The Morgan fingerprint density at radius 3 is 1.15 bits per heavy atom. The maximum absolute atomic E-state index is 10.4. The van der Waals surface area contributed by atoms with Gasteiger partial charge in [0.25, 0.3) is 5.79 Å². The SMILES string of the molecule is CCCCCCCCCCCCCCCCC(N=C=O)(N=C=O)N=C=O. The van der Waals surface area contributed by atoms with E-state index < -0.39 is 5.79 Å². The van der Waals surface area contributed by atoms with Crippen LogP contribution in [0.15, 0.2) is 15.0 Å². The molecule has 6 heteroatoms. The molecule has 0 N–H and O–H groups in total. The van der Waals surface area contributed by atoms with E-state index in [1.54, 1.807) is 0 Å². The third-order valence-electron chi connectivity index (χ3n) is 4.54. The van der Waals surface area contributed by atoms with E-state index in [1.807, 2.05) is 0 Å². The van der Waals surface area contributed by atoms with E-state index in [0.29, 0.717) is 6.42 Å². The number of carbonyl (C=O) groups excluding carboxylic acids is 3. The van der Waals surface area contributed by atoms with E-state index in [2.05, 4.69) is 21.9 Å². The van der Waals surface area contributed by atoms with Crippen molar-refractivity contribution in [2.45, 2.75) is 109 Å². The summed E-state index contributed by atoms with van der Waals surface area (Å²) in [7, 11) is 0. The van der Waals surface area contributed by atoms with E-state index in [9.17, 15) is 14.4 Å². The summed E-state index contributed by atoms with van der Waals surface area (Å²) in [5, 5.41) is 0. The van der Waals surface area contributed by atoms with Crippen molar-refractivity contribution in [2.75, 3.05) is 0 Å². The lowest BCUT2D eigenvalue weighted by Crippen LogP contribution is -2.20. The first-order valence-corrected chi connectivity index (χ1v) is 10.0. The molecule has 0 amide bonds. The highest BCUT2D eigenvalue weighted by molar-refractivity contribution is 5.42. The van der Waals surface area contributed by atoms with Gasteiger partial charge in [-0.1, -0.05) is 90.4 Å². The second-order valence-corrected chi connectivity index (χ2v) is 6.73. The largest absolute Gasteiger partial charge is 0.277 e. The average molecular weight is 364 g/mol. The molecule has 146 valence electrons. The molecule has 0 saturated heterocycles. The Bertz CT molecular complexity index is 443. The Kier molecular flexibility index (Phi) is 16.7. The van der Waals surface area contributed by atoms with E-state index in [0.717, 1.165) is 19.3 Å². The van der Waals surface area contributed by atoms with Gasteiger partial charge in [-0.15, -0.1) is 0 Å². The minimum absolute atomic E-state index is 0.213. The van der Waals surface area contributed by atoms with Crippen LogP contribution in [0, 0.1) is 0 Å². The van der Waals surface area contributed by atoms with Gasteiger partial charge in [0, 0.05) is 6.42 Å². The topological polar surface area (TPSA) is 88.3 Å². The van der Waals surface area contributed by atoms with Gasteiger partial charge in [0.1, 0.15) is 0 Å². The fraction of sp³-hybridized carbons (Fsp3) is 0.850. The molecule has 0 aromatic heterocycles. The lowest BCUT2D eigenvalue weighted by Gasteiger charge is -2.14. The predicted molar refractivity (Wildman–Crippen MR) is 102 cm³/mol. The average Bonchev–Trinajstić information content (AvgIpc) is 2.63. The van der Waals surface area contributed by atoms with Gasteiger partial charge >= 0.3 is 0 Å². The first-order chi connectivity index (χ1) is 12.7. The Morgan fingerprint density at radius 2 is 0.846 bits per heavy atom. The molecule has 26 heavy (non-hydrogen) atoms. The zero-order chi connectivity index (χ0) is 19.3. The summed E-state index contributed by atoms with van der Waals surface area (Å²) >= 11 is 0.